The molecule has 2 N–H and O–H groups in total. The van der Waals surface area contributed by atoms with E-state index in [1.165, 1.54) is 6.20 Å². The van der Waals surface area contributed by atoms with Crippen LogP contribution in [0.4, 0.5) is 5.82 Å². The Hall–Kier alpha value is -2.31. The molecule has 0 aromatic carbocycles. The van der Waals surface area contributed by atoms with Crippen LogP contribution in [0.3, 0.4) is 0 Å². The van der Waals surface area contributed by atoms with Crippen molar-refractivity contribution in [3.05, 3.63) is 23.0 Å². The van der Waals surface area contributed by atoms with Crippen molar-refractivity contribution in [2.24, 2.45) is 0 Å². The first-order valence-electron chi connectivity index (χ1n) is 7.53. The van der Waals surface area contributed by atoms with Gasteiger partial charge in [0, 0.05) is 5.70 Å². The van der Waals surface area contributed by atoms with Crippen molar-refractivity contribution >= 4 is 17.8 Å². The minimum Gasteiger partial charge on any atom is -0.478 e. The number of aliphatic carboxylic acids is 1. The predicted molar refractivity (Wildman–Crippen MR) is 80.7 cm³/mol. The molecule has 2 heterocycles. The van der Waals surface area contributed by atoms with Crippen molar-refractivity contribution in [2.75, 3.05) is 11.9 Å². The number of ether oxygens (including phenoxy) is 1. The molecule has 22 heavy (non-hydrogen) atoms. The molecule has 0 bridgehead atoms. The van der Waals surface area contributed by atoms with Crippen LogP contribution in [0.1, 0.15) is 56.4 Å². The van der Waals surface area contributed by atoms with Gasteiger partial charge >= 0.3 is 11.9 Å². The lowest BCUT2D eigenvalue weighted by atomic mass is 9.98. The van der Waals surface area contributed by atoms with Crippen LogP contribution in [0, 0.1) is 0 Å². The van der Waals surface area contributed by atoms with Crippen LogP contribution in [-0.2, 0) is 9.53 Å². The quantitative estimate of drug-likeness (QED) is 0.785. The van der Waals surface area contributed by atoms with Gasteiger partial charge in [0.05, 0.1) is 24.4 Å². The Morgan fingerprint density at radius 3 is 2.68 bits per heavy atom. The smallest absolute Gasteiger partial charge is 0.343 e. The lowest BCUT2D eigenvalue weighted by molar-refractivity contribution is -0.133. The summed E-state index contributed by atoms with van der Waals surface area (Å²) in [5, 5.41) is 16.8. The highest BCUT2D eigenvalue weighted by atomic mass is 16.5. The van der Waals surface area contributed by atoms with Crippen LogP contribution in [0.2, 0.25) is 0 Å². The number of carbonyl (C=O) groups is 2. The van der Waals surface area contributed by atoms with Crippen LogP contribution in [0.5, 0.6) is 0 Å². The summed E-state index contributed by atoms with van der Waals surface area (Å²) >= 11 is 0. The molecule has 0 spiro atoms. The van der Waals surface area contributed by atoms with Gasteiger partial charge in [-0.25, -0.2) is 14.3 Å². The van der Waals surface area contributed by atoms with Crippen LogP contribution >= 0.6 is 0 Å². The van der Waals surface area contributed by atoms with Crippen molar-refractivity contribution < 1.29 is 19.4 Å². The second-order valence-corrected chi connectivity index (χ2v) is 5.07. The first kappa shape index (κ1) is 16.1. The van der Waals surface area contributed by atoms with Crippen molar-refractivity contribution in [3.8, 4) is 0 Å². The molecule has 0 saturated heterocycles. The second-order valence-electron chi connectivity index (χ2n) is 5.07. The highest BCUT2D eigenvalue weighted by molar-refractivity contribution is 5.96. The van der Waals surface area contributed by atoms with Crippen LogP contribution in [0.25, 0.3) is 0 Å². The van der Waals surface area contributed by atoms with E-state index in [9.17, 15) is 14.7 Å². The average molecular weight is 307 g/mol. The second kappa shape index (κ2) is 6.64. The molecular formula is C15H21N3O4. The third-order valence-corrected chi connectivity index (χ3v) is 3.63. The van der Waals surface area contributed by atoms with Gasteiger partial charge in [-0.2, -0.15) is 5.10 Å². The number of carboxylic acid groups (broad SMARTS) is 1. The van der Waals surface area contributed by atoms with Gasteiger partial charge in [0.25, 0.3) is 0 Å². The molecule has 1 unspecified atom stereocenters. The number of hydrogen-bond donors (Lipinski definition) is 2. The van der Waals surface area contributed by atoms with E-state index in [-0.39, 0.29) is 6.61 Å². The van der Waals surface area contributed by atoms with Gasteiger partial charge in [-0.15, -0.1) is 0 Å². The van der Waals surface area contributed by atoms with Crippen LogP contribution in [-0.4, -0.2) is 33.4 Å². The van der Waals surface area contributed by atoms with Crippen molar-refractivity contribution in [1.29, 1.82) is 0 Å². The van der Waals surface area contributed by atoms with E-state index in [0.29, 0.717) is 35.5 Å². The van der Waals surface area contributed by atoms with E-state index < -0.39 is 18.0 Å². The van der Waals surface area contributed by atoms with Crippen LogP contribution < -0.4 is 5.32 Å². The van der Waals surface area contributed by atoms with Gasteiger partial charge in [-0.05, 0) is 19.8 Å². The number of anilines is 1. The first-order chi connectivity index (χ1) is 10.5. The Morgan fingerprint density at radius 1 is 1.41 bits per heavy atom. The highest BCUT2D eigenvalue weighted by Gasteiger charge is 2.34. The molecule has 1 aromatic rings. The molecule has 0 aliphatic carbocycles. The molecule has 0 fully saturated rings. The Kier molecular flexibility index (Phi) is 4.85. The third-order valence-electron chi connectivity index (χ3n) is 3.63. The normalized spacial score (nSPS) is 17.0. The number of carboxylic acids is 1. The maximum atomic E-state index is 12.0. The molecule has 0 amide bonds. The van der Waals surface area contributed by atoms with Gasteiger partial charge in [0.1, 0.15) is 11.4 Å². The zero-order valence-corrected chi connectivity index (χ0v) is 13.0. The number of rotatable bonds is 6. The highest BCUT2D eigenvalue weighted by Crippen LogP contribution is 2.36. The molecule has 2 rings (SSSR count). The maximum absolute atomic E-state index is 12.0. The van der Waals surface area contributed by atoms with Crippen molar-refractivity contribution in [3.63, 3.8) is 0 Å². The van der Waals surface area contributed by atoms with E-state index in [0.717, 1.165) is 6.42 Å². The van der Waals surface area contributed by atoms with Crippen LogP contribution in [0.15, 0.2) is 17.5 Å². The zero-order valence-electron chi connectivity index (χ0n) is 13.0. The molecule has 1 aliphatic rings. The molecule has 1 atom stereocenters. The van der Waals surface area contributed by atoms with E-state index in [4.69, 9.17) is 4.74 Å². The number of hydrogen-bond acceptors (Lipinski definition) is 5. The Labute approximate surface area is 129 Å². The lowest BCUT2D eigenvalue weighted by Gasteiger charge is -2.29. The summed E-state index contributed by atoms with van der Waals surface area (Å²) in [7, 11) is 0. The van der Waals surface area contributed by atoms with Crippen molar-refractivity contribution in [1.82, 2.24) is 9.78 Å². The largest absolute Gasteiger partial charge is 0.478 e. The van der Waals surface area contributed by atoms with E-state index in [2.05, 4.69) is 10.4 Å². The molecule has 120 valence electrons. The number of aromatic nitrogens is 2. The fourth-order valence-electron chi connectivity index (χ4n) is 2.71. The predicted octanol–water partition coefficient (Wildman–Crippen LogP) is 2.58. The monoisotopic (exact) mass is 307 g/mol. The van der Waals surface area contributed by atoms with Gasteiger partial charge in [0.2, 0.25) is 0 Å². The zero-order chi connectivity index (χ0) is 16.3. The fourth-order valence-corrected chi connectivity index (χ4v) is 2.71. The minimum absolute atomic E-state index is 0.276. The summed E-state index contributed by atoms with van der Waals surface area (Å²) in [5.74, 6) is -0.902. The maximum Gasteiger partial charge on any atom is 0.343 e. The summed E-state index contributed by atoms with van der Waals surface area (Å²) in [6, 6.07) is -0.390. The molecule has 1 aromatic heterocycles. The van der Waals surface area contributed by atoms with E-state index >= 15 is 0 Å². The van der Waals surface area contributed by atoms with Gasteiger partial charge in [-0.1, -0.05) is 20.3 Å². The standard InChI is InChI=1S/C15H21N3O4/c1-4-7-10-12(14(19)20)11(5-2)18-13(17-10)9(8-16-18)15(21)22-6-3/h8,11,17H,4-7H2,1-3H3,(H,19,20). The summed E-state index contributed by atoms with van der Waals surface area (Å²) in [6.07, 6.45) is 3.41. The Bertz CT molecular complexity index is 618. The molecule has 1 aliphatic heterocycles. The summed E-state index contributed by atoms with van der Waals surface area (Å²) in [6.45, 7) is 5.89. The summed E-state index contributed by atoms with van der Waals surface area (Å²) < 4.78 is 6.59. The molecule has 7 nitrogen and oxygen atoms in total. The Morgan fingerprint density at radius 2 is 2.14 bits per heavy atom. The topological polar surface area (TPSA) is 93.5 Å². The van der Waals surface area contributed by atoms with Gasteiger partial charge < -0.3 is 15.2 Å². The SMILES string of the molecule is CCCC1=C(C(=O)O)C(CC)n2ncc(C(=O)OCC)c2N1. The summed E-state index contributed by atoms with van der Waals surface area (Å²) in [4.78, 5) is 23.6. The lowest BCUT2D eigenvalue weighted by Crippen LogP contribution is -2.28. The number of fused-ring (bicyclic) bond motifs is 1. The number of carbonyl (C=O) groups excluding carboxylic acids is 1. The number of esters is 1. The average Bonchev–Trinajstić information content (AvgIpc) is 2.89. The van der Waals surface area contributed by atoms with E-state index in [1.807, 2.05) is 13.8 Å². The molecular weight excluding hydrogens is 286 g/mol. The van der Waals surface area contributed by atoms with Gasteiger partial charge in [0.15, 0.2) is 0 Å². The number of nitrogens with one attached hydrogen (secondary N) is 1. The molecule has 0 saturated carbocycles. The number of allylic oxidation sites excluding steroid dienone is 1. The van der Waals surface area contributed by atoms with Gasteiger partial charge in [-0.3, -0.25) is 0 Å². The molecule has 0 radical (unpaired) electrons. The Balaban J connectivity index is 2.50. The first-order valence-corrected chi connectivity index (χ1v) is 7.53. The minimum atomic E-state index is -0.957. The third kappa shape index (κ3) is 2.70. The van der Waals surface area contributed by atoms with Crippen molar-refractivity contribution in [2.45, 2.75) is 46.1 Å². The fraction of sp³-hybridized carbons (Fsp3) is 0.533. The number of nitrogens with zero attached hydrogens (tertiary/aromatic N) is 2. The molecule has 7 heteroatoms. The van der Waals surface area contributed by atoms with E-state index in [1.54, 1.807) is 11.6 Å². The summed E-state index contributed by atoms with van der Waals surface area (Å²) in [5.41, 5.74) is 1.29.